The molecule has 0 aliphatic heterocycles. The molecular weight excluding hydrogens is 435 g/mol. The predicted molar refractivity (Wildman–Crippen MR) is 101 cm³/mol. The first kappa shape index (κ1) is 18.9. The van der Waals surface area contributed by atoms with Crippen molar-refractivity contribution in [2.75, 3.05) is 6.54 Å². The summed E-state index contributed by atoms with van der Waals surface area (Å²) in [5.74, 6) is 2.25. The highest BCUT2D eigenvalue weighted by Crippen LogP contribution is 2.59. The first-order valence-electron chi connectivity index (χ1n) is 10.3. The molecule has 5 aliphatic rings. The van der Waals surface area contributed by atoms with Crippen LogP contribution in [-0.2, 0) is 17.5 Å². The van der Waals surface area contributed by atoms with E-state index in [-0.39, 0.29) is 28.3 Å². The fourth-order valence-corrected chi connectivity index (χ4v) is 7.32. The molecule has 154 valence electrons. The number of hydrogen-bond donors (Lipinski definition) is 1. The van der Waals surface area contributed by atoms with Crippen LogP contribution >= 0.6 is 15.9 Å². The van der Waals surface area contributed by atoms with Crippen LogP contribution in [0.3, 0.4) is 0 Å². The van der Waals surface area contributed by atoms with Gasteiger partial charge in [-0.15, -0.1) is 0 Å². The average Bonchev–Trinajstić information content (AvgIpc) is 3.35. The summed E-state index contributed by atoms with van der Waals surface area (Å²) in [6.45, 7) is 0.509. The van der Waals surface area contributed by atoms with Crippen LogP contribution in [0.1, 0.15) is 68.7 Å². The third kappa shape index (κ3) is 3.39. The Labute approximate surface area is 170 Å². The standard InChI is InChI=1S/C20H25BrF3N3O/c21-16-17(14-1-2-14)27(26-18(16)20(22,23)24)9-15(28)25-10-19-6-11-3-12(7-19)5-13(4-11)8-19/h11-14H,1-10H2,(H,25,28). The number of nitrogens with one attached hydrogen (secondary N) is 1. The summed E-state index contributed by atoms with van der Waals surface area (Å²) >= 11 is 3.08. The van der Waals surface area contributed by atoms with Gasteiger partial charge in [0.15, 0.2) is 5.69 Å². The van der Waals surface area contributed by atoms with Crippen molar-refractivity contribution < 1.29 is 18.0 Å². The predicted octanol–water partition coefficient (Wildman–Crippen LogP) is 4.87. The third-order valence-electron chi connectivity index (χ3n) is 7.28. The van der Waals surface area contributed by atoms with Crippen LogP contribution in [0.5, 0.6) is 0 Å². The molecule has 5 aliphatic carbocycles. The monoisotopic (exact) mass is 459 g/mol. The van der Waals surface area contributed by atoms with E-state index in [0.717, 1.165) is 30.6 Å². The van der Waals surface area contributed by atoms with E-state index in [0.29, 0.717) is 12.2 Å². The Balaban J connectivity index is 1.28. The number of nitrogens with zero attached hydrogens (tertiary/aromatic N) is 2. The fraction of sp³-hybridized carbons (Fsp3) is 0.800. The molecule has 0 spiro atoms. The van der Waals surface area contributed by atoms with Crippen molar-refractivity contribution in [3.05, 3.63) is 15.9 Å². The van der Waals surface area contributed by atoms with Crippen LogP contribution in [0.25, 0.3) is 0 Å². The Morgan fingerprint density at radius 1 is 1.14 bits per heavy atom. The molecule has 6 rings (SSSR count). The molecule has 4 bridgehead atoms. The highest BCUT2D eigenvalue weighted by Gasteiger charge is 2.50. The molecule has 1 aromatic heterocycles. The van der Waals surface area contributed by atoms with Gasteiger partial charge in [0.2, 0.25) is 5.91 Å². The van der Waals surface area contributed by atoms with Gasteiger partial charge in [-0.25, -0.2) is 0 Å². The van der Waals surface area contributed by atoms with Gasteiger partial charge in [-0.2, -0.15) is 18.3 Å². The molecule has 0 saturated heterocycles. The lowest BCUT2D eigenvalue weighted by molar-refractivity contribution is -0.142. The van der Waals surface area contributed by atoms with Crippen molar-refractivity contribution in [1.82, 2.24) is 15.1 Å². The van der Waals surface area contributed by atoms with Gasteiger partial charge in [-0.05, 0) is 90.5 Å². The maximum Gasteiger partial charge on any atom is 0.436 e. The minimum Gasteiger partial charge on any atom is -0.354 e. The average molecular weight is 460 g/mol. The molecule has 5 fully saturated rings. The summed E-state index contributed by atoms with van der Waals surface area (Å²) < 4.78 is 40.9. The zero-order valence-electron chi connectivity index (χ0n) is 15.7. The number of hydrogen-bond acceptors (Lipinski definition) is 2. The van der Waals surface area contributed by atoms with Gasteiger partial charge < -0.3 is 5.32 Å². The number of rotatable bonds is 5. The quantitative estimate of drug-likeness (QED) is 0.682. The molecule has 0 unspecified atom stereocenters. The second kappa shape index (κ2) is 6.47. The lowest BCUT2D eigenvalue weighted by Crippen LogP contribution is -2.51. The summed E-state index contributed by atoms with van der Waals surface area (Å²) in [6.07, 6.45) is 4.78. The normalized spacial score (nSPS) is 34.1. The zero-order chi connectivity index (χ0) is 19.7. The smallest absolute Gasteiger partial charge is 0.354 e. The van der Waals surface area contributed by atoms with Crippen LogP contribution in [0.4, 0.5) is 13.2 Å². The van der Waals surface area contributed by atoms with Crippen LogP contribution in [0, 0.1) is 23.2 Å². The minimum absolute atomic E-state index is 0.00335. The van der Waals surface area contributed by atoms with E-state index < -0.39 is 11.9 Å². The number of carbonyl (C=O) groups excluding carboxylic acids is 1. The van der Waals surface area contributed by atoms with Crippen LogP contribution < -0.4 is 5.32 Å². The highest BCUT2D eigenvalue weighted by molar-refractivity contribution is 9.10. The lowest BCUT2D eigenvalue weighted by Gasteiger charge is -2.56. The van der Waals surface area contributed by atoms with Gasteiger partial charge in [0, 0.05) is 12.5 Å². The maximum atomic E-state index is 13.2. The first-order valence-corrected chi connectivity index (χ1v) is 11.1. The summed E-state index contributed by atoms with van der Waals surface area (Å²) in [4.78, 5) is 12.6. The van der Waals surface area contributed by atoms with Crippen molar-refractivity contribution in [3.63, 3.8) is 0 Å². The van der Waals surface area contributed by atoms with Crippen molar-refractivity contribution in [2.45, 2.75) is 70.0 Å². The Morgan fingerprint density at radius 2 is 1.71 bits per heavy atom. The summed E-state index contributed by atoms with van der Waals surface area (Å²) in [7, 11) is 0. The van der Waals surface area contributed by atoms with Gasteiger partial charge in [0.25, 0.3) is 0 Å². The molecule has 1 N–H and O–H groups in total. The van der Waals surface area contributed by atoms with Crippen molar-refractivity contribution >= 4 is 21.8 Å². The van der Waals surface area contributed by atoms with Crippen molar-refractivity contribution in [3.8, 4) is 0 Å². The second-order valence-electron chi connectivity index (χ2n) is 9.67. The molecule has 8 heteroatoms. The van der Waals surface area contributed by atoms with Crippen LogP contribution in [-0.4, -0.2) is 22.2 Å². The minimum atomic E-state index is -4.52. The van der Waals surface area contributed by atoms with E-state index in [2.05, 4.69) is 26.3 Å². The summed E-state index contributed by atoms with van der Waals surface area (Å²) in [5, 5.41) is 6.79. The number of alkyl halides is 3. The summed E-state index contributed by atoms with van der Waals surface area (Å²) in [5.41, 5.74) is -0.202. The van der Waals surface area contributed by atoms with Gasteiger partial charge in [-0.1, -0.05) is 0 Å². The number of carbonyl (C=O) groups is 1. The number of halogens is 4. The molecule has 4 nitrogen and oxygen atoms in total. The molecule has 1 aromatic rings. The van der Waals surface area contributed by atoms with E-state index in [9.17, 15) is 18.0 Å². The molecule has 1 heterocycles. The van der Waals surface area contributed by atoms with Crippen LogP contribution in [0.2, 0.25) is 0 Å². The van der Waals surface area contributed by atoms with E-state index >= 15 is 0 Å². The number of aromatic nitrogens is 2. The molecule has 0 radical (unpaired) electrons. The molecule has 0 aromatic carbocycles. The Morgan fingerprint density at radius 3 is 2.21 bits per heavy atom. The molecule has 5 saturated carbocycles. The Hall–Kier alpha value is -1.05. The largest absolute Gasteiger partial charge is 0.436 e. The first-order chi connectivity index (χ1) is 13.2. The SMILES string of the molecule is O=C(Cn1nc(C(F)(F)F)c(Br)c1C1CC1)NCC12CC3CC(CC(C3)C1)C2. The van der Waals surface area contributed by atoms with E-state index in [1.165, 1.54) is 43.2 Å². The van der Waals surface area contributed by atoms with E-state index in [1.54, 1.807) is 0 Å². The fourth-order valence-electron chi connectivity index (χ4n) is 6.49. The number of amides is 1. The van der Waals surface area contributed by atoms with Crippen LogP contribution in [0.15, 0.2) is 4.47 Å². The van der Waals surface area contributed by atoms with Gasteiger partial charge in [0.05, 0.1) is 10.2 Å². The van der Waals surface area contributed by atoms with E-state index in [4.69, 9.17) is 0 Å². The molecule has 0 atom stereocenters. The molecular formula is C20H25BrF3N3O. The van der Waals surface area contributed by atoms with Crippen molar-refractivity contribution in [1.29, 1.82) is 0 Å². The molecule has 1 amide bonds. The van der Waals surface area contributed by atoms with Crippen molar-refractivity contribution in [2.24, 2.45) is 23.2 Å². The Bertz CT molecular complexity index is 764. The van der Waals surface area contributed by atoms with E-state index in [1.807, 2.05) is 0 Å². The Kier molecular flexibility index (Phi) is 4.38. The van der Waals surface area contributed by atoms with Gasteiger partial charge in [-0.3, -0.25) is 9.48 Å². The second-order valence-corrected chi connectivity index (χ2v) is 10.5. The topological polar surface area (TPSA) is 46.9 Å². The lowest BCUT2D eigenvalue weighted by atomic mass is 9.49. The van der Waals surface area contributed by atoms with Gasteiger partial charge >= 0.3 is 6.18 Å². The molecule has 28 heavy (non-hydrogen) atoms. The summed E-state index contributed by atoms with van der Waals surface area (Å²) in [6, 6.07) is 0. The third-order valence-corrected chi connectivity index (χ3v) is 8.06. The van der Waals surface area contributed by atoms with Gasteiger partial charge in [0.1, 0.15) is 6.54 Å². The zero-order valence-corrected chi connectivity index (χ0v) is 17.3. The maximum absolute atomic E-state index is 13.2. The highest BCUT2D eigenvalue weighted by atomic mass is 79.9.